The van der Waals surface area contributed by atoms with Crippen molar-refractivity contribution in [2.45, 2.75) is 18.6 Å². The van der Waals surface area contributed by atoms with Crippen LogP contribution in [0.2, 0.25) is 0 Å². The first-order valence-electron chi connectivity index (χ1n) is 6.95. The molecular formula is C15H11F3N4O2S. The number of fused-ring (bicyclic) bond motifs is 1. The molecule has 0 radical (unpaired) electrons. The Hall–Kier alpha value is -2.80. The van der Waals surface area contributed by atoms with Crippen LogP contribution in [0.1, 0.15) is 6.92 Å². The molecule has 0 unspecified atom stereocenters. The first kappa shape index (κ1) is 17.0. The molecule has 2 heterocycles. The lowest BCUT2D eigenvalue weighted by atomic mass is 9.90. The maximum Gasteiger partial charge on any atom is 0.425 e. The highest BCUT2D eigenvalue weighted by Crippen LogP contribution is 2.44. The summed E-state index contributed by atoms with van der Waals surface area (Å²) in [5.41, 5.74) is -3.57. The molecule has 1 aliphatic heterocycles. The molecule has 3 rings (SSSR count). The fourth-order valence-electron chi connectivity index (χ4n) is 2.60. The second-order valence-corrected chi connectivity index (χ2v) is 6.32. The number of methoxy groups -OCH3 is 1. The van der Waals surface area contributed by atoms with Gasteiger partial charge in [-0.15, -0.1) is 0 Å². The summed E-state index contributed by atoms with van der Waals surface area (Å²) in [6.07, 6.45) is -5.03. The molecule has 0 saturated heterocycles. The van der Waals surface area contributed by atoms with E-state index in [9.17, 15) is 18.0 Å². The van der Waals surface area contributed by atoms with Crippen LogP contribution in [0.15, 0.2) is 29.5 Å². The third-order valence-electron chi connectivity index (χ3n) is 3.82. The minimum absolute atomic E-state index is 0.127. The zero-order valence-corrected chi connectivity index (χ0v) is 13.8. The molecule has 1 amide bonds. The van der Waals surface area contributed by atoms with Gasteiger partial charge >= 0.3 is 6.18 Å². The first-order valence-corrected chi connectivity index (χ1v) is 7.77. The van der Waals surface area contributed by atoms with Gasteiger partial charge in [-0.3, -0.25) is 4.79 Å². The predicted octanol–water partition coefficient (Wildman–Crippen LogP) is 2.95. The Morgan fingerprint density at radius 2 is 2.16 bits per heavy atom. The van der Waals surface area contributed by atoms with E-state index in [-0.39, 0.29) is 10.8 Å². The highest BCUT2D eigenvalue weighted by molar-refractivity contribution is 7.22. The average Bonchev–Trinajstić information content (AvgIpc) is 3.04. The monoisotopic (exact) mass is 368 g/mol. The lowest BCUT2D eigenvalue weighted by Gasteiger charge is -2.30. The van der Waals surface area contributed by atoms with E-state index in [2.05, 4.69) is 15.6 Å². The van der Waals surface area contributed by atoms with Crippen LogP contribution in [0.5, 0.6) is 5.75 Å². The molecule has 2 N–H and O–H groups in total. The fourth-order valence-corrected chi connectivity index (χ4v) is 3.55. The van der Waals surface area contributed by atoms with E-state index in [0.29, 0.717) is 16.0 Å². The summed E-state index contributed by atoms with van der Waals surface area (Å²) >= 11 is 0.930. The number of nitrogens with zero attached hydrogens (tertiary/aromatic N) is 2. The lowest BCUT2D eigenvalue weighted by Crippen LogP contribution is -2.59. The van der Waals surface area contributed by atoms with Crippen LogP contribution in [-0.2, 0) is 4.79 Å². The minimum atomic E-state index is -5.03. The van der Waals surface area contributed by atoms with Gasteiger partial charge in [0.1, 0.15) is 5.75 Å². The molecule has 0 aliphatic carbocycles. The molecule has 130 valence electrons. The van der Waals surface area contributed by atoms with E-state index in [1.54, 1.807) is 18.2 Å². The number of anilines is 1. The van der Waals surface area contributed by atoms with E-state index in [1.807, 2.05) is 0 Å². The van der Waals surface area contributed by atoms with Crippen molar-refractivity contribution >= 4 is 32.6 Å². The van der Waals surface area contributed by atoms with Crippen molar-refractivity contribution in [3.8, 4) is 11.8 Å². The molecular weight excluding hydrogens is 357 g/mol. The number of aromatic nitrogens is 1. The molecule has 25 heavy (non-hydrogen) atoms. The van der Waals surface area contributed by atoms with Gasteiger partial charge in [0.25, 0.3) is 11.4 Å². The van der Waals surface area contributed by atoms with E-state index in [0.717, 1.165) is 11.3 Å². The molecule has 6 nitrogen and oxygen atoms in total. The number of allylic oxidation sites excluding steroid dienone is 1. The number of amides is 1. The second-order valence-electron chi connectivity index (χ2n) is 5.29. The summed E-state index contributed by atoms with van der Waals surface area (Å²) in [7, 11) is 1.47. The van der Waals surface area contributed by atoms with Crippen LogP contribution < -0.4 is 15.4 Å². The standard InChI is InChI=1S/C15H11F3N4O2S/c1-7-9(6-19)14(12(23)20-7,15(16,17)18)22-13-21-10-4-3-8(24-2)5-11(10)25-13/h3-5H,1-2H3,(H,20,23)(H,21,22)/t14-/m1/s1. The number of benzene rings is 1. The van der Waals surface area contributed by atoms with Crippen molar-refractivity contribution in [2.75, 3.05) is 12.4 Å². The van der Waals surface area contributed by atoms with Crippen molar-refractivity contribution in [1.29, 1.82) is 5.26 Å². The van der Waals surface area contributed by atoms with Gasteiger partial charge in [-0.25, -0.2) is 4.98 Å². The van der Waals surface area contributed by atoms with Crippen LogP contribution in [0.4, 0.5) is 18.3 Å². The quantitative estimate of drug-likeness (QED) is 0.870. The SMILES string of the molecule is COc1ccc2nc(N[C@@]3(C(F)(F)F)C(=O)NC(C)=C3C#N)sc2c1. The maximum atomic E-state index is 13.8. The molecule has 1 aromatic carbocycles. The van der Waals surface area contributed by atoms with Crippen LogP contribution in [0, 0.1) is 11.3 Å². The Bertz CT molecular complexity index is 944. The number of nitriles is 1. The van der Waals surface area contributed by atoms with Crippen molar-refractivity contribution in [3.63, 3.8) is 0 Å². The summed E-state index contributed by atoms with van der Waals surface area (Å²) in [6.45, 7) is 1.24. The van der Waals surface area contributed by atoms with Crippen molar-refractivity contribution in [3.05, 3.63) is 29.5 Å². The Labute approximate surface area is 143 Å². The van der Waals surface area contributed by atoms with Gasteiger partial charge in [-0.1, -0.05) is 11.3 Å². The number of rotatable bonds is 3. The summed E-state index contributed by atoms with van der Waals surface area (Å²) in [5.74, 6) is -0.828. The molecule has 1 aromatic heterocycles. The number of ether oxygens (including phenoxy) is 1. The Morgan fingerprint density at radius 1 is 1.44 bits per heavy atom. The normalized spacial score (nSPS) is 20.6. The number of nitrogens with one attached hydrogen (secondary N) is 2. The van der Waals surface area contributed by atoms with Gasteiger partial charge in [0.15, 0.2) is 5.13 Å². The largest absolute Gasteiger partial charge is 0.497 e. The summed E-state index contributed by atoms with van der Waals surface area (Å²) < 4.78 is 47.0. The molecule has 2 aromatic rings. The number of carbonyl (C=O) groups excluding carboxylic acids is 1. The fraction of sp³-hybridized carbons (Fsp3) is 0.267. The van der Waals surface area contributed by atoms with E-state index < -0.39 is 23.2 Å². The molecule has 1 atom stereocenters. The molecule has 10 heteroatoms. The van der Waals surface area contributed by atoms with E-state index >= 15 is 0 Å². The van der Waals surface area contributed by atoms with Crippen LogP contribution in [-0.4, -0.2) is 29.7 Å². The molecule has 0 spiro atoms. The lowest BCUT2D eigenvalue weighted by molar-refractivity contribution is -0.174. The van der Waals surface area contributed by atoms with Gasteiger partial charge in [-0.2, -0.15) is 18.4 Å². The minimum Gasteiger partial charge on any atom is -0.497 e. The number of thiazole rings is 1. The van der Waals surface area contributed by atoms with Gasteiger partial charge in [-0.05, 0) is 25.1 Å². The van der Waals surface area contributed by atoms with Crippen LogP contribution in [0.3, 0.4) is 0 Å². The average molecular weight is 368 g/mol. The highest BCUT2D eigenvalue weighted by Gasteiger charge is 2.67. The van der Waals surface area contributed by atoms with Crippen LogP contribution in [0.25, 0.3) is 10.2 Å². The smallest absolute Gasteiger partial charge is 0.425 e. The van der Waals surface area contributed by atoms with Gasteiger partial charge in [0.2, 0.25) is 0 Å². The third kappa shape index (κ3) is 2.47. The summed E-state index contributed by atoms with van der Waals surface area (Å²) in [4.78, 5) is 16.2. The van der Waals surface area contributed by atoms with Gasteiger partial charge < -0.3 is 15.4 Å². The van der Waals surface area contributed by atoms with Gasteiger partial charge in [0, 0.05) is 5.70 Å². The molecule has 1 aliphatic rings. The summed E-state index contributed by atoms with van der Waals surface area (Å²) in [6, 6.07) is 6.33. The zero-order valence-electron chi connectivity index (χ0n) is 13.0. The second kappa shape index (κ2) is 5.63. The maximum absolute atomic E-state index is 13.8. The third-order valence-corrected chi connectivity index (χ3v) is 4.75. The van der Waals surface area contributed by atoms with E-state index in [1.165, 1.54) is 20.1 Å². The molecule has 0 fully saturated rings. The Kier molecular flexibility index (Phi) is 3.84. The molecule has 0 bridgehead atoms. The van der Waals surface area contributed by atoms with Gasteiger partial charge in [0.05, 0.1) is 29.0 Å². The number of carbonyl (C=O) groups is 1. The number of halogens is 3. The topological polar surface area (TPSA) is 87.0 Å². The van der Waals surface area contributed by atoms with Crippen LogP contribution >= 0.6 is 11.3 Å². The Morgan fingerprint density at radius 3 is 2.76 bits per heavy atom. The number of hydrogen-bond acceptors (Lipinski definition) is 6. The highest BCUT2D eigenvalue weighted by atomic mass is 32.1. The molecule has 0 saturated carbocycles. The van der Waals surface area contributed by atoms with Crippen molar-refractivity contribution in [1.82, 2.24) is 10.3 Å². The Balaban J connectivity index is 2.12. The van der Waals surface area contributed by atoms with Crippen molar-refractivity contribution < 1.29 is 22.7 Å². The predicted molar refractivity (Wildman–Crippen MR) is 85.0 cm³/mol. The summed E-state index contributed by atoms with van der Waals surface area (Å²) in [5, 5.41) is 13.3. The van der Waals surface area contributed by atoms with E-state index in [4.69, 9.17) is 10.00 Å². The first-order chi connectivity index (χ1) is 11.7. The number of hydrogen-bond donors (Lipinski definition) is 2. The van der Waals surface area contributed by atoms with Crippen molar-refractivity contribution in [2.24, 2.45) is 0 Å². The number of alkyl halides is 3. The zero-order chi connectivity index (χ0) is 18.4.